The molecule has 2 heterocycles. The Labute approximate surface area is 201 Å². The second kappa shape index (κ2) is 12.7. The maximum Gasteiger partial charge on any atom is 0.191 e. The number of guanidine groups is 1. The third-order valence-corrected chi connectivity index (χ3v) is 5.32. The van der Waals surface area contributed by atoms with E-state index < -0.39 is 0 Å². The van der Waals surface area contributed by atoms with E-state index in [2.05, 4.69) is 31.7 Å². The van der Waals surface area contributed by atoms with Gasteiger partial charge in [-0.25, -0.2) is 0 Å². The zero-order valence-corrected chi connectivity index (χ0v) is 21.0. The van der Waals surface area contributed by atoms with Gasteiger partial charge in [-0.1, -0.05) is 6.07 Å². The van der Waals surface area contributed by atoms with Crippen LogP contribution in [0.15, 0.2) is 35.5 Å². The quantitative estimate of drug-likeness (QED) is 0.298. The van der Waals surface area contributed by atoms with Crippen molar-refractivity contribution in [1.29, 1.82) is 0 Å². The molecule has 1 unspecified atom stereocenters. The maximum atomic E-state index is 5.55. The highest BCUT2D eigenvalue weighted by Crippen LogP contribution is 2.32. The van der Waals surface area contributed by atoms with Crippen molar-refractivity contribution in [2.24, 2.45) is 12.0 Å². The van der Waals surface area contributed by atoms with Crippen LogP contribution in [0.25, 0.3) is 0 Å². The SMILES string of the molecule is CN=C(NCc1ccnn1C)NCC(c1ccc(OC)c(OC)c1)N1CCOCC1.I. The van der Waals surface area contributed by atoms with Crippen molar-refractivity contribution in [1.82, 2.24) is 25.3 Å². The van der Waals surface area contributed by atoms with Gasteiger partial charge in [0, 0.05) is 39.9 Å². The molecule has 0 radical (unpaired) electrons. The van der Waals surface area contributed by atoms with Gasteiger partial charge >= 0.3 is 0 Å². The highest BCUT2D eigenvalue weighted by molar-refractivity contribution is 14.0. The van der Waals surface area contributed by atoms with Crippen LogP contribution in [0.5, 0.6) is 11.5 Å². The molecule has 3 rings (SSSR count). The Morgan fingerprint density at radius 1 is 1.16 bits per heavy atom. The van der Waals surface area contributed by atoms with Gasteiger partial charge in [-0.3, -0.25) is 14.6 Å². The third kappa shape index (κ3) is 6.71. The summed E-state index contributed by atoms with van der Waals surface area (Å²) in [5, 5.41) is 11.0. The lowest BCUT2D eigenvalue weighted by Crippen LogP contribution is -2.46. The predicted molar refractivity (Wildman–Crippen MR) is 132 cm³/mol. The molecule has 1 atom stereocenters. The van der Waals surface area contributed by atoms with Crippen LogP contribution in [-0.2, 0) is 18.3 Å². The summed E-state index contributed by atoms with van der Waals surface area (Å²) in [6.07, 6.45) is 1.79. The number of halogens is 1. The first-order valence-electron chi connectivity index (χ1n) is 10.1. The largest absolute Gasteiger partial charge is 0.493 e. The highest BCUT2D eigenvalue weighted by atomic mass is 127. The summed E-state index contributed by atoms with van der Waals surface area (Å²) in [5.74, 6) is 2.20. The van der Waals surface area contributed by atoms with E-state index in [1.807, 2.05) is 29.9 Å². The molecule has 1 fully saturated rings. The van der Waals surface area contributed by atoms with E-state index in [4.69, 9.17) is 14.2 Å². The first-order valence-corrected chi connectivity index (χ1v) is 10.1. The zero-order valence-electron chi connectivity index (χ0n) is 18.6. The predicted octanol–water partition coefficient (Wildman–Crippen LogP) is 1.79. The lowest BCUT2D eigenvalue weighted by Gasteiger charge is -2.35. The number of benzene rings is 1. The molecule has 0 aliphatic carbocycles. The highest BCUT2D eigenvalue weighted by Gasteiger charge is 2.24. The fourth-order valence-corrected chi connectivity index (χ4v) is 3.57. The van der Waals surface area contributed by atoms with Crippen molar-refractivity contribution in [2.45, 2.75) is 12.6 Å². The van der Waals surface area contributed by atoms with Crippen molar-refractivity contribution in [3.63, 3.8) is 0 Å². The van der Waals surface area contributed by atoms with Crippen LogP contribution < -0.4 is 20.1 Å². The maximum absolute atomic E-state index is 5.55. The van der Waals surface area contributed by atoms with E-state index >= 15 is 0 Å². The van der Waals surface area contributed by atoms with Gasteiger partial charge in [0.15, 0.2) is 17.5 Å². The van der Waals surface area contributed by atoms with E-state index in [-0.39, 0.29) is 30.0 Å². The summed E-state index contributed by atoms with van der Waals surface area (Å²) < 4.78 is 18.3. The van der Waals surface area contributed by atoms with Crippen LogP contribution in [-0.4, -0.2) is 74.8 Å². The van der Waals surface area contributed by atoms with Gasteiger partial charge in [0.05, 0.1) is 45.7 Å². The number of hydrogen-bond donors (Lipinski definition) is 2. The minimum atomic E-state index is 0. The molecule has 2 aromatic rings. The summed E-state index contributed by atoms with van der Waals surface area (Å²) in [6, 6.07) is 8.22. The second-order valence-corrected chi connectivity index (χ2v) is 7.03. The molecular formula is C21H33IN6O3. The summed E-state index contributed by atoms with van der Waals surface area (Å²) in [7, 11) is 7.02. The lowest BCUT2D eigenvalue weighted by atomic mass is 10.0. The van der Waals surface area contributed by atoms with E-state index in [0.717, 1.165) is 55.0 Å². The normalized spacial score (nSPS) is 15.7. The van der Waals surface area contributed by atoms with Crippen molar-refractivity contribution in [3.05, 3.63) is 41.7 Å². The number of morpholine rings is 1. The fourth-order valence-electron chi connectivity index (χ4n) is 3.57. The third-order valence-electron chi connectivity index (χ3n) is 5.32. The summed E-state index contributed by atoms with van der Waals surface area (Å²) in [6.45, 7) is 4.56. The van der Waals surface area contributed by atoms with Crippen LogP contribution in [0, 0.1) is 0 Å². The summed E-state index contributed by atoms with van der Waals surface area (Å²) in [4.78, 5) is 6.79. The number of nitrogens with one attached hydrogen (secondary N) is 2. The van der Waals surface area contributed by atoms with E-state index in [0.29, 0.717) is 13.1 Å². The first-order chi connectivity index (χ1) is 14.7. The van der Waals surface area contributed by atoms with Gasteiger partial charge in [0.2, 0.25) is 0 Å². The van der Waals surface area contributed by atoms with Gasteiger partial charge in [0.1, 0.15) is 0 Å². The average Bonchev–Trinajstić information content (AvgIpc) is 3.21. The Morgan fingerprint density at radius 2 is 1.90 bits per heavy atom. The zero-order chi connectivity index (χ0) is 21.3. The Hall–Kier alpha value is -2.05. The molecule has 31 heavy (non-hydrogen) atoms. The minimum absolute atomic E-state index is 0. The Balaban J connectivity index is 0.00000341. The fraction of sp³-hybridized carbons (Fsp3) is 0.524. The number of nitrogens with zero attached hydrogens (tertiary/aromatic N) is 4. The van der Waals surface area contributed by atoms with Crippen molar-refractivity contribution in [3.8, 4) is 11.5 Å². The van der Waals surface area contributed by atoms with Crippen LogP contribution in [0.4, 0.5) is 0 Å². The van der Waals surface area contributed by atoms with Crippen LogP contribution >= 0.6 is 24.0 Å². The Kier molecular flexibility index (Phi) is 10.3. The number of aliphatic imine (C=N–C) groups is 1. The molecule has 10 heteroatoms. The molecule has 1 aromatic carbocycles. The van der Waals surface area contributed by atoms with Gasteiger partial charge in [-0.2, -0.15) is 5.10 Å². The molecule has 1 aromatic heterocycles. The van der Waals surface area contributed by atoms with E-state index in [9.17, 15) is 0 Å². The van der Waals surface area contributed by atoms with Crippen LogP contribution in [0.1, 0.15) is 17.3 Å². The van der Waals surface area contributed by atoms with Gasteiger partial charge in [-0.05, 0) is 23.8 Å². The monoisotopic (exact) mass is 544 g/mol. The van der Waals surface area contributed by atoms with E-state index in [1.165, 1.54) is 0 Å². The molecule has 1 aliphatic heterocycles. The van der Waals surface area contributed by atoms with Crippen molar-refractivity contribution >= 4 is 29.9 Å². The van der Waals surface area contributed by atoms with Crippen molar-refractivity contribution in [2.75, 3.05) is 54.1 Å². The van der Waals surface area contributed by atoms with Crippen LogP contribution in [0.2, 0.25) is 0 Å². The molecule has 2 N–H and O–H groups in total. The van der Waals surface area contributed by atoms with E-state index in [1.54, 1.807) is 27.5 Å². The Bertz CT molecular complexity index is 838. The number of aromatic nitrogens is 2. The summed E-state index contributed by atoms with van der Waals surface area (Å²) in [5.41, 5.74) is 2.24. The number of methoxy groups -OCH3 is 2. The first kappa shape index (κ1) is 25.2. The molecule has 9 nitrogen and oxygen atoms in total. The number of ether oxygens (including phenoxy) is 3. The van der Waals surface area contributed by atoms with Crippen LogP contribution in [0.3, 0.4) is 0 Å². The molecule has 1 saturated heterocycles. The van der Waals surface area contributed by atoms with Gasteiger partial charge < -0.3 is 24.8 Å². The number of aryl methyl sites for hydroxylation is 1. The molecule has 0 spiro atoms. The summed E-state index contributed by atoms with van der Waals surface area (Å²) >= 11 is 0. The lowest BCUT2D eigenvalue weighted by molar-refractivity contribution is 0.0169. The molecule has 172 valence electrons. The molecule has 0 bridgehead atoms. The minimum Gasteiger partial charge on any atom is -0.493 e. The number of rotatable bonds is 8. The molecular weight excluding hydrogens is 511 g/mol. The van der Waals surface area contributed by atoms with Gasteiger partial charge in [0.25, 0.3) is 0 Å². The van der Waals surface area contributed by atoms with Crippen molar-refractivity contribution < 1.29 is 14.2 Å². The standard InChI is InChI=1S/C21H32N6O3.HI/c1-22-21(23-14-17-7-8-25-26(17)2)24-15-18(27-9-11-30-12-10-27)16-5-6-19(28-3)20(13-16)29-4;/h5-8,13,18H,9-12,14-15H2,1-4H3,(H2,22,23,24);1H. The molecule has 0 amide bonds. The Morgan fingerprint density at radius 3 is 2.52 bits per heavy atom. The second-order valence-electron chi connectivity index (χ2n) is 7.03. The number of hydrogen-bond acceptors (Lipinski definition) is 6. The molecule has 1 aliphatic rings. The molecule has 0 saturated carbocycles. The van der Waals surface area contributed by atoms with Gasteiger partial charge in [-0.15, -0.1) is 24.0 Å². The smallest absolute Gasteiger partial charge is 0.191 e. The average molecular weight is 544 g/mol. The topological polar surface area (TPSA) is 85.2 Å².